The van der Waals surface area contributed by atoms with E-state index in [1.807, 2.05) is 18.2 Å². The SMILES string of the molecule is C=C(C)[C@@H]1CC[C@]2(C(=O)NCc3cccc(C(=O)NCCNC(C)=O)c3)CC[C@]3(C)C(CCC4[C@@]5(C)CC[C@H](O)C(C)(C)C5CC[C@]43C)C12. The summed E-state index contributed by atoms with van der Waals surface area (Å²) in [6.45, 7) is 21.7. The molecule has 49 heavy (non-hydrogen) atoms. The topological polar surface area (TPSA) is 108 Å². The van der Waals surface area contributed by atoms with E-state index in [0.29, 0.717) is 48.9 Å². The molecular formula is C42H63N3O4. The first-order chi connectivity index (χ1) is 23.0. The molecule has 270 valence electrons. The second kappa shape index (κ2) is 12.8. The van der Waals surface area contributed by atoms with Crippen molar-refractivity contribution in [2.24, 2.45) is 56.7 Å². The van der Waals surface area contributed by atoms with Crippen LogP contribution >= 0.6 is 0 Å². The molecule has 0 heterocycles. The van der Waals surface area contributed by atoms with Crippen LogP contribution in [0.15, 0.2) is 36.4 Å². The predicted molar refractivity (Wildman–Crippen MR) is 194 cm³/mol. The van der Waals surface area contributed by atoms with Crippen molar-refractivity contribution in [1.29, 1.82) is 0 Å². The molecular weight excluding hydrogens is 610 g/mol. The molecule has 5 saturated carbocycles. The molecule has 7 nitrogen and oxygen atoms in total. The van der Waals surface area contributed by atoms with Crippen molar-refractivity contribution < 1.29 is 19.5 Å². The van der Waals surface area contributed by atoms with Crippen molar-refractivity contribution in [2.45, 2.75) is 125 Å². The van der Waals surface area contributed by atoms with Crippen molar-refractivity contribution in [3.8, 4) is 0 Å². The summed E-state index contributed by atoms with van der Waals surface area (Å²) < 4.78 is 0. The zero-order valence-electron chi connectivity index (χ0n) is 31.3. The predicted octanol–water partition coefficient (Wildman–Crippen LogP) is 7.19. The van der Waals surface area contributed by atoms with E-state index in [9.17, 15) is 19.5 Å². The van der Waals surface area contributed by atoms with Gasteiger partial charge in [0.1, 0.15) is 0 Å². The molecule has 5 aliphatic rings. The summed E-state index contributed by atoms with van der Waals surface area (Å²) in [4.78, 5) is 38.5. The van der Waals surface area contributed by atoms with Crippen LogP contribution < -0.4 is 16.0 Å². The summed E-state index contributed by atoms with van der Waals surface area (Å²) in [6, 6.07) is 7.48. The number of hydrogen-bond donors (Lipinski definition) is 4. The Bertz CT molecular complexity index is 1490. The van der Waals surface area contributed by atoms with E-state index in [0.717, 1.165) is 44.1 Å². The van der Waals surface area contributed by atoms with Gasteiger partial charge in [0.15, 0.2) is 0 Å². The van der Waals surface area contributed by atoms with Crippen LogP contribution in [0.25, 0.3) is 0 Å². The first-order valence-electron chi connectivity index (χ1n) is 19.2. The first-order valence-corrected chi connectivity index (χ1v) is 19.2. The molecule has 7 heteroatoms. The Kier molecular flexibility index (Phi) is 9.46. The lowest BCUT2D eigenvalue weighted by molar-refractivity contribution is -0.246. The highest BCUT2D eigenvalue weighted by molar-refractivity contribution is 5.94. The molecule has 6 rings (SSSR count). The molecule has 0 radical (unpaired) electrons. The van der Waals surface area contributed by atoms with Crippen LogP contribution in [0.2, 0.25) is 0 Å². The van der Waals surface area contributed by atoms with Crippen molar-refractivity contribution >= 4 is 17.7 Å². The van der Waals surface area contributed by atoms with Gasteiger partial charge < -0.3 is 21.1 Å². The zero-order chi connectivity index (χ0) is 35.6. The third-order valence-corrected chi connectivity index (χ3v) is 15.9. The average Bonchev–Trinajstić information content (AvgIpc) is 3.45. The maximum atomic E-state index is 14.6. The molecule has 4 unspecified atom stereocenters. The largest absolute Gasteiger partial charge is 0.393 e. The number of aliphatic hydroxyl groups is 1. The summed E-state index contributed by atoms with van der Waals surface area (Å²) in [5.41, 5.74) is 2.82. The lowest BCUT2D eigenvalue weighted by atomic mass is 9.32. The number of rotatable bonds is 8. The van der Waals surface area contributed by atoms with Crippen molar-refractivity contribution in [1.82, 2.24) is 16.0 Å². The summed E-state index contributed by atoms with van der Waals surface area (Å²) in [7, 11) is 0. The summed E-state index contributed by atoms with van der Waals surface area (Å²) in [6.07, 6.45) is 10.5. The van der Waals surface area contributed by atoms with Crippen LogP contribution in [-0.2, 0) is 16.1 Å². The van der Waals surface area contributed by atoms with E-state index in [4.69, 9.17) is 0 Å². The molecule has 1 aromatic rings. The fourth-order valence-electron chi connectivity index (χ4n) is 13.2. The van der Waals surface area contributed by atoms with E-state index < -0.39 is 5.41 Å². The fourth-order valence-corrected chi connectivity index (χ4v) is 13.2. The second-order valence-electron chi connectivity index (χ2n) is 18.3. The normalized spacial score (nSPS) is 40.5. The van der Waals surface area contributed by atoms with Crippen LogP contribution in [0, 0.1) is 56.7 Å². The molecule has 1 aromatic carbocycles. The van der Waals surface area contributed by atoms with E-state index in [-0.39, 0.29) is 51.4 Å². The Morgan fingerprint density at radius 3 is 2.27 bits per heavy atom. The number of fused-ring (bicyclic) bond motifs is 7. The summed E-state index contributed by atoms with van der Waals surface area (Å²) >= 11 is 0. The number of carbonyl (C=O) groups is 3. The number of carbonyl (C=O) groups excluding carboxylic acids is 3. The molecule has 5 aliphatic carbocycles. The minimum atomic E-state index is -0.395. The van der Waals surface area contributed by atoms with E-state index in [2.05, 4.69) is 64.1 Å². The van der Waals surface area contributed by atoms with Crippen molar-refractivity contribution in [3.63, 3.8) is 0 Å². The lowest BCUT2D eigenvalue weighted by Crippen LogP contribution is -2.67. The lowest BCUT2D eigenvalue weighted by Gasteiger charge is -2.72. The molecule has 3 amide bonds. The molecule has 0 saturated heterocycles. The third-order valence-electron chi connectivity index (χ3n) is 15.9. The van der Waals surface area contributed by atoms with Crippen LogP contribution in [0.5, 0.6) is 0 Å². The van der Waals surface area contributed by atoms with Crippen LogP contribution in [0.4, 0.5) is 0 Å². The number of aliphatic hydroxyl groups excluding tert-OH is 1. The third kappa shape index (κ3) is 5.69. The maximum absolute atomic E-state index is 14.6. The van der Waals surface area contributed by atoms with Gasteiger partial charge in [-0.1, -0.05) is 58.9 Å². The van der Waals surface area contributed by atoms with Gasteiger partial charge in [-0.3, -0.25) is 14.4 Å². The van der Waals surface area contributed by atoms with E-state index in [1.54, 1.807) is 6.07 Å². The van der Waals surface area contributed by atoms with Crippen LogP contribution in [-0.4, -0.2) is 42.0 Å². The van der Waals surface area contributed by atoms with Crippen LogP contribution in [0.3, 0.4) is 0 Å². The van der Waals surface area contributed by atoms with Gasteiger partial charge in [0, 0.05) is 32.1 Å². The molecule has 0 aromatic heterocycles. The smallest absolute Gasteiger partial charge is 0.251 e. The minimum absolute atomic E-state index is 0.0561. The Hall–Kier alpha value is -2.67. The highest BCUT2D eigenvalue weighted by Gasteiger charge is 2.71. The van der Waals surface area contributed by atoms with E-state index in [1.165, 1.54) is 38.2 Å². The molecule has 0 aliphatic heterocycles. The highest BCUT2D eigenvalue weighted by Crippen LogP contribution is 2.77. The Labute approximate surface area is 295 Å². The fraction of sp³-hybridized carbons (Fsp3) is 0.738. The highest BCUT2D eigenvalue weighted by atomic mass is 16.3. The molecule has 10 atom stereocenters. The minimum Gasteiger partial charge on any atom is -0.393 e. The van der Waals surface area contributed by atoms with Gasteiger partial charge in [0.2, 0.25) is 11.8 Å². The van der Waals surface area contributed by atoms with Gasteiger partial charge >= 0.3 is 0 Å². The van der Waals surface area contributed by atoms with Gasteiger partial charge in [-0.2, -0.15) is 0 Å². The van der Waals surface area contributed by atoms with Crippen molar-refractivity contribution in [3.05, 3.63) is 47.5 Å². The maximum Gasteiger partial charge on any atom is 0.251 e. The Balaban J connectivity index is 1.22. The number of benzene rings is 1. The van der Waals surface area contributed by atoms with Crippen LogP contribution in [0.1, 0.15) is 129 Å². The monoisotopic (exact) mass is 673 g/mol. The van der Waals surface area contributed by atoms with Gasteiger partial charge in [-0.25, -0.2) is 0 Å². The Morgan fingerprint density at radius 2 is 1.55 bits per heavy atom. The molecule has 5 fully saturated rings. The number of allylic oxidation sites excluding steroid dienone is 1. The summed E-state index contributed by atoms with van der Waals surface area (Å²) in [5.74, 6) is 2.16. The van der Waals surface area contributed by atoms with E-state index >= 15 is 0 Å². The number of amides is 3. The van der Waals surface area contributed by atoms with Gasteiger partial charge in [0.05, 0.1) is 11.5 Å². The quantitative estimate of drug-likeness (QED) is 0.173. The molecule has 4 N–H and O–H groups in total. The zero-order valence-corrected chi connectivity index (χ0v) is 31.3. The number of hydrogen-bond acceptors (Lipinski definition) is 4. The van der Waals surface area contributed by atoms with Gasteiger partial charge in [0.25, 0.3) is 5.91 Å². The average molecular weight is 674 g/mol. The number of nitrogens with one attached hydrogen (secondary N) is 3. The standard InChI is InChI=1S/C42H63N3O4/c1-26(2)30-14-19-42(37(49)45-25-28-10-9-11-29(24-28)36(48)44-23-22-43-27(3)46)21-20-40(7)31(35(30)42)12-13-33-39(6)17-16-34(47)38(4,5)32(39)15-18-41(33,40)8/h9-11,24,30-35,47H,1,12-23,25H2,2-8H3,(H,43,46)(H,44,48)(H,45,49)/t30-,31?,32?,33?,34-,35?,39-,40+,41+,42-/m0/s1. The van der Waals surface area contributed by atoms with Gasteiger partial charge in [-0.15, -0.1) is 0 Å². The summed E-state index contributed by atoms with van der Waals surface area (Å²) in [5, 5.41) is 20.0. The molecule has 0 bridgehead atoms. The second-order valence-corrected chi connectivity index (χ2v) is 18.3. The Morgan fingerprint density at radius 1 is 0.816 bits per heavy atom. The first kappa shape index (κ1) is 36.1. The van der Waals surface area contributed by atoms with Gasteiger partial charge in [-0.05, 0) is 140 Å². The van der Waals surface area contributed by atoms with Crippen molar-refractivity contribution in [2.75, 3.05) is 13.1 Å². The molecule has 0 spiro atoms.